The van der Waals surface area contributed by atoms with Crippen molar-refractivity contribution in [3.63, 3.8) is 0 Å². The summed E-state index contributed by atoms with van der Waals surface area (Å²) in [5, 5.41) is 3.10. The summed E-state index contributed by atoms with van der Waals surface area (Å²) in [6.45, 7) is 13.6. The van der Waals surface area contributed by atoms with Crippen molar-refractivity contribution in [2.45, 2.75) is 111 Å². The SMILES string of the molecule is C/C=C(\C)C(=O)N[C@H]1C(OC(C)=O)C[C@@]2(C)C(CC[C@H]3C4CC=C([C@H](C)N(C)C)[C@@]4(C)CC[C@@H]32)[C@H]1OC(C)=O. The maximum Gasteiger partial charge on any atom is 0.302 e. The smallest absolute Gasteiger partial charge is 0.302 e. The fourth-order valence-corrected chi connectivity index (χ4v) is 9.12. The number of carbonyl (C=O) groups excluding carboxylic acids is 3. The molecule has 4 rings (SSSR count). The Kier molecular flexibility index (Phi) is 8.43. The number of nitrogens with zero attached hydrogens (tertiary/aromatic N) is 1. The molecule has 10 atom stereocenters. The predicted octanol–water partition coefficient (Wildman–Crippen LogP) is 5.05. The van der Waals surface area contributed by atoms with Gasteiger partial charge in [0, 0.05) is 31.4 Å². The van der Waals surface area contributed by atoms with E-state index in [1.54, 1.807) is 18.6 Å². The third-order valence-corrected chi connectivity index (χ3v) is 11.3. The monoisotopic (exact) mass is 542 g/mol. The van der Waals surface area contributed by atoms with Gasteiger partial charge in [0.1, 0.15) is 18.2 Å². The quantitative estimate of drug-likeness (QED) is 0.287. The molecule has 0 saturated heterocycles. The average molecular weight is 543 g/mol. The molecule has 1 N–H and O–H groups in total. The van der Waals surface area contributed by atoms with E-state index in [1.807, 2.05) is 6.92 Å². The highest BCUT2D eigenvalue weighted by molar-refractivity contribution is 5.93. The number of hydrogen-bond donors (Lipinski definition) is 1. The molecular weight excluding hydrogens is 492 g/mol. The topological polar surface area (TPSA) is 84.9 Å². The molecule has 0 aromatic carbocycles. The molecule has 3 unspecified atom stereocenters. The first kappa shape index (κ1) is 29.8. The second kappa shape index (κ2) is 11.0. The molecule has 3 fully saturated rings. The molecule has 0 aromatic rings. The number of fused-ring (bicyclic) bond motifs is 5. The molecule has 0 bridgehead atoms. The minimum absolute atomic E-state index is 0.0876. The third kappa shape index (κ3) is 5.20. The van der Waals surface area contributed by atoms with Crippen LogP contribution >= 0.6 is 0 Å². The first-order valence-electron chi connectivity index (χ1n) is 14.9. The molecular formula is C32H50N2O5. The van der Waals surface area contributed by atoms with Gasteiger partial charge in [-0.2, -0.15) is 0 Å². The summed E-state index contributed by atoms with van der Waals surface area (Å²) >= 11 is 0. The van der Waals surface area contributed by atoms with E-state index in [1.165, 1.54) is 13.8 Å². The first-order chi connectivity index (χ1) is 18.2. The molecule has 0 aliphatic heterocycles. The van der Waals surface area contributed by atoms with E-state index in [9.17, 15) is 14.4 Å². The summed E-state index contributed by atoms with van der Waals surface area (Å²) in [5.41, 5.74) is 2.20. The van der Waals surface area contributed by atoms with E-state index in [2.05, 4.69) is 51.2 Å². The lowest BCUT2D eigenvalue weighted by Gasteiger charge is -2.63. The van der Waals surface area contributed by atoms with Crippen LogP contribution in [0.3, 0.4) is 0 Å². The highest BCUT2D eigenvalue weighted by atomic mass is 16.6. The zero-order valence-corrected chi connectivity index (χ0v) is 25.5. The van der Waals surface area contributed by atoms with Gasteiger partial charge in [0.05, 0.1) is 0 Å². The fourth-order valence-electron chi connectivity index (χ4n) is 9.12. The van der Waals surface area contributed by atoms with E-state index in [0.29, 0.717) is 35.8 Å². The Morgan fingerprint density at radius 3 is 2.28 bits per heavy atom. The van der Waals surface area contributed by atoms with Crippen molar-refractivity contribution in [1.29, 1.82) is 0 Å². The highest BCUT2D eigenvalue weighted by Gasteiger charge is 2.63. The summed E-state index contributed by atoms with van der Waals surface area (Å²) in [5.74, 6) is 0.736. The number of rotatable bonds is 6. The molecule has 7 heteroatoms. The average Bonchev–Trinajstić information content (AvgIpc) is 3.21. The molecule has 7 nitrogen and oxygen atoms in total. The molecule has 4 aliphatic carbocycles. The Labute approximate surface area is 235 Å². The van der Waals surface area contributed by atoms with Gasteiger partial charge in [-0.15, -0.1) is 0 Å². The van der Waals surface area contributed by atoms with Gasteiger partial charge >= 0.3 is 11.9 Å². The van der Waals surface area contributed by atoms with Crippen LogP contribution in [0.5, 0.6) is 0 Å². The van der Waals surface area contributed by atoms with Crippen LogP contribution in [0.2, 0.25) is 0 Å². The van der Waals surface area contributed by atoms with Gasteiger partial charge in [-0.25, -0.2) is 0 Å². The number of esters is 2. The highest BCUT2D eigenvalue weighted by Crippen LogP contribution is 2.67. The molecule has 0 aromatic heterocycles. The number of allylic oxidation sites excluding steroid dienone is 2. The number of nitrogens with one attached hydrogen (secondary N) is 1. The maximum atomic E-state index is 13.0. The van der Waals surface area contributed by atoms with Gasteiger partial charge in [-0.3, -0.25) is 14.4 Å². The number of ether oxygens (including phenoxy) is 2. The van der Waals surface area contributed by atoms with Crippen molar-refractivity contribution in [3.05, 3.63) is 23.3 Å². The number of likely N-dealkylation sites (N-methyl/N-ethyl adjacent to an activating group) is 1. The van der Waals surface area contributed by atoms with Crippen molar-refractivity contribution in [2.24, 2.45) is 34.5 Å². The second-order valence-electron chi connectivity index (χ2n) is 13.5. The summed E-state index contributed by atoms with van der Waals surface area (Å²) < 4.78 is 12.0. The van der Waals surface area contributed by atoms with E-state index in [0.717, 1.165) is 32.1 Å². The van der Waals surface area contributed by atoms with Crippen molar-refractivity contribution >= 4 is 17.8 Å². The Bertz CT molecular complexity index is 1050. The van der Waals surface area contributed by atoms with E-state index in [4.69, 9.17) is 9.47 Å². The van der Waals surface area contributed by atoms with Crippen molar-refractivity contribution < 1.29 is 23.9 Å². The van der Waals surface area contributed by atoms with Crippen LogP contribution in [0.1, 0.15) is 87.0 Å². The van der Waals surface area contributed by atoms with Crippen LogP contribution in [0.25, 0.3) is 0 Å². The van der Waals surface area contributed by atoms with Crippen LogP contribution in [0.15, 0.2) is 23.3 Å². The van der Waals surface area contributed by atoms with E-state index in [-0.39, 0.29) is 34.6 Å². The Morgan fingerprint density at radius 1 is 1.03 bits per heavy atom. The lowest BCUT2D eigenvalue weighted by molar-refractivity contribution is -0.202. The summed E-state index contributed by atoms with van der Waals surface area (Å²) in [6.07, 6.45) is 9.23. The van der Waals surface area contributed by atoms with Crippen LogP contribution in [0, 0.1) is 34.5 Å². The molecule has 3 saturated carbocycles. The minimum atomic E-state index is -0.579. The zero-order valence-electron chi connectivity index (χ0n) is 25.5. The molecule has 39 heavy (non-hydrogen) atoms. The Hall–Kier alpha value is -2.15. The number of carbonyl (C=O) groups is 3. The number of hydrogen-bond acceptors (Lipinski definition) is 6. The first-order valence-corrected chi connectivity index (χ1v) is 14.9. The maximum absolute atomic E-state index is 13.0. The third-order valence-electron chi connectivity index (χ3n) is 11.3. The zero-order chi connectivity index (χ0) is 28.9. The van der Waals surface area contributed by atoms with Crippen molar-refractivity contribution in [1.82, 2.24) is 10.2 Å². The lowest BCUT2D eigenvalue weighted by atomic mass is 9.43. The van der Waals surface area contributed by atoms with Gasteiger partial charge in [0.15, 0.2) is 0 Å². The summed E-state index contributed by atoms with van der Waals surface area (Å²) in [6, 6.07) is -0.158. The minimum Gasteiger partial charge on any atom is -0.460 e. The fraction of sp³-hybridized carbons (Fsp3) is 0.781. The standard InChI is InChI=1S/C32H50N2O5/c1-10-18(2)30(37)33-28-27(38-20(4)35)17-32(7)25-15-16-31(6)23(19(3)34(8)9)13-14-24(31)22(25)11-12-26(32)29(28)39-21(5)36/h10,13,19,22,24-29H,11-12,14-17H2,1-9H3,(H,33,37)/b18-10+/t19-,22-,24?,25-,26?,27?,28-,29+,31+,32+/m0/s1. The van der Waals surface area contributed by atoms with Crippen LogP contribution < -0.4 is 5.32 Å². The molecule has 4 aliphatic rings. The second-order valence-corrected chi connectivity index (χ2v) is 13.5. The van der Waals surface area contributed by atoms with Crippen molar-refractivity contribution in [3.8, 4) is 0 Å². The summed E-state index contributed by atoms with van der Waals surface area (Å²) in [4.78, 5) is 40.0. The Balaban J connectivity index is 1.68. The van der Waals surface area contributed by atoms with Crippen LogP contribution in [-0.4, -0.2) is 61.1 Å². The van der Waals surface area contributed by atoms with Crippen LogP contribution in [0.4, 0.5) is 0 Å². The van der Waals surface area contributed by atoms with Crippen molar-refractivity contribution in [2.75, 3.05) is 14.1 Å². The molecule has 0 spiro atoms. The molecule has 1 amide bonds. The predicted molar refractivity (Wildman–Crippen MR) is 152 cm³/mol. The van der Waals surface area contributed by atoms with Gasteiger partial charge in [-0.05, 0) is 102 Å². The lowest BCUT2D eigenvalue weighted by Crippen LogP contribution is -2.67. The Morgan fingerprint density at radius 2 is 1.69 bits per heavy atom. The van der Waals surface area contributed by atoms with Gasteiger partial charge < -0.3 is 19.7 Å². The van der Waals surface area contributed by atoms with Crippen LogP contribution in [-0.2, 0) is 23.9 Å². The number of amides is 1. The van der Waals surface area contributed by atoms with Gasteiger partial charge in [-0.1, -0.05) is 31.6 Å². The van der Waals surface area contributed by atoms with Gasteiger partial charge in [0.25, 0.3) is 0 Å². The van der Waals surface area contributed by atoms with E-state index >= 15 is 0 Å². The van der Waals surface area contributed by atoms with E-state index < -0.39 is 18.2 Å². The summed E-state index contributed by atoms with van der Waals surface area (Å²) in [7, 11) is 4.33. The van der Waals surface area contributed by atoms with Gasteiger partial charge in [0.2, 0.25) is 5.91 Å². The molecule has 218 valence electrons. The normalized spacial score (nSPS) is 40.5. The largest absolute Gasteiger partial charge is 0.460 e. The molecule has 0 radical (unpaired) electrons. The molecule has 0 heterocycles.